The second kappa shape index (κ2) is 8.70. The fourth-order valence-electron chi connectivity index (χ4n) is 2.38. The zero-order valence-electron chi connectivity index (χ0n) is 13.5. The Bertz CT molecular complexity index is 720. The second-order valence-electron chi connectivity index (χ2n) is 5.37. The van der Waals surface area contributed by atoms with Crippen molar-refractivity contribution in [2.45, 2.75) is 18.9 Å². The van der Waals surface area contributed by atoms with Gasteiger partial charge in [0.1, 0.15) is 5.75 Å². The molecule has 0 spiro atoms. The summed E-state index contributed by atoms with van der Waals surface area (Å²) in [6.45, 7) is 0.131. The molecule has 0 aliphatic heterocycles. The number of nitriles is 1. The quantitative estimate of drug-likeness (QED) is 0.817. The van der Waals surface area contributed by atoms with Gasteiger partial charge in [-0.2, -0.15) is 5.26 Å². The lowest BCUT2D eigenvalue weighted by molar-refractivity contribution is -0.120. The summed E-state index contributed by atoms with van der Waals surface area (Å²) in [6, 6.07) is 16.5. The van der Waals surface area contributed by atoms with Gasteiger partial charge in [0.2, 0.25) is 5.91 Å². The number of ether oxygens (including phenoxy) is 1. The van der Waals surface area contributed by atoms with E-state index in [1.807, 2.05) is 24.3 Å². The van der Waals surface area contributed by atoms with Crippen LogP contribution in [-0.4, -0.2) is 24.7 Å². The van der Waals surface area contributed by atoms with Crippen LogP contribution in [0, 0.1) is 11.3 Å². The maximum absolute atomic E-state index is 12.1. The van der Waals surface area contributed by atoms with E-state index >= 15 is 0 Å². The first-order valence-electron chi connectivity index (χ1n) is 7.66. The number of nitrogens with one attached hydrogen (secondary N) is 1. The molecule has 0 saturated carbocycles. The van der Waals surface area contributed by atoms with E-state index in [1.165, 1.54) is 0 Å². The van der Waals surface area contributed by atoms with Gasteiger partial charge in [-0.05, 0) is 28.8 Å². The van der Waals surface area contributed by atoms with E-state index in [-0.39, 0.29) is 25.3 Å². The first-order chi connectivity index (χ1) is 11.6. The smallest absolute Gasteiger partial charge is 0.224 e. The highest BCUT2D eigenvalue weighted by atomic mass is 16.5. The predicted molar refractivity (Wildman–Crippen MR) is 90.4 cm³/mol. The van der Waals surface area contributed by atoms with Gasteiger partial charge >= 0.3 is 0 Å². The number of carbonyl (C=O) groups is 1. The molecule has 0 aliphatic rings. The molecule has 2 aromatic rings. The normalized spacial score (nSPS) is 11.4. The van der Waals surface area contributed by atoms with E-state index in [2.05, 4.69) is 11.4 Å². The molecular formula is C19H20N2O3. The number of aliphatic hydroxyl groups excluding tert-OH is 1. The molecule has 0 aliphatic carbocycles. The molecule has 1 atom stereocenters. The number of methoxy groups -OCH3 is 1. The van der Waals surface area contributed by atoms with Gasteiger partial charge < -0.3 is 15.2 Å². The van der Waals surface area contributed by atoms with Gasteiger partial charge in [-0.3, -0.25) is 4.79 Å². The fourth-order valence-corrected chi connectivity index (χ4v) is 2.38. The molecule has 0 heterocycles. The maximum atomic E-state index is 12.1. The number of amides is 1. The summed E-state index contributed by atoms with van der Waals surface area (Å²) in [6.07, 6.45) is -0.320. The van der Waals surface area contributed by atoms with Crippen molar-refractivity contribution >= 4 is 5.91 Å². The van der Waals surface area contributed by atoms with Gasteiger partial charge in [-0.15, -0.1) is 0 Å². The number of hydrogen-bond acceptors (Lipinski definition) is 4. The number of rotatable bonds is 7. The lowest BCUT2D eigenvalue weighted by atomic mass is 10.0. The van der Waals surface area contributed by atoms with E-state index < -0.39 is 6.10 Å². The molecule has 0 aromatic heterocycles. The minimum absolute atomic E-state index is 0.131. The number of hydrogen-bond donors (Lipinski definition) is 2. The van der Waals surface area contributed by atoms with E-state index in [0.29, 0.717) is 11.3 Å². The topological polar surface area (TPSA) is 82.3 Å². The van der Waals surface area contributed by atoms with Crippen molar-refractivity contribution in [3.63, 3.8) is 0 Å². The van der Waals surface area contributed by atoms with E-state index in [4.69, 9.17) is 10.00 Å². The van der Waals surface area contributed by atoms with Gasteiger partial charge in [-0.1, -0.05) is 36.4 Å². The highest BCUT2D eigenvalue weighted by Gasteiger charge is 2.11. The molecule has 5 nitrogen and oxygen atoms in total. The first kappa shape index (κ1) is 17.5. The van der Waals surface area contributed by atoms with Crippen molar-refractivity contribution in [2.24, 2.45) is 0 Å². The minimum atomic E-state index is -0.783. The van der Waals surface area contributed by atoms with Crippen LogP contribution in [0.5, 0.6) is 5.75 Å². The Morgan fingerprint density at radius 2 is 1.88 bits per heavy atom. The van der Waals surface area contributed by atoms with Crippen molar-refractivity contribution in [1.29, 1.82) is 5.26 Å². The first-order valence-corrected chi connectivity index (χ1v) is 7.66. The molecule has 2 rings (SSSR count). The van der Waals surface area contributed by atoms with Crippen LogP contribution in [0.4, 0.5) is 0 Å². The third-order valence-corrected chi connectivity index (χ3v) is 3.73. The standard InChI is InChI=1S/C19H20N2O3/c1-24-17-8-6-15(7-9-17)18(22)13-21-19(23)12-16-5-3-2-4-14(16)10-11-20/h2-9,18,22H,10,12-13H2,1H3,(H,21,23). The molecule has 0 saturated heterocycles. The molecule has 2 aromatic carbocycles. The summed E-state index contributed by atoms with van der Waals surface area (Å²) in [7, 11) is 1.58. The zero-order chi connectivity index (χ0) is 17.4. The summed E-state index contributed by atoms with van der Waals surface area (Å²) < 4.78 is 5.07. The monoisotopic (exact) mass is 324 g/mol. The Balaban J connectivity index is 1.89. The largest absolute Gasteiger partial charge is 0.497 e. The van der Waals surface area contributed by atoms with E-state index in [1.54, 1.807) is 31.4 Å². The van der Waals surface area contributed by atoms with Crippen LogP contribution in [0.15, 0.2) is 48.5 Å². The summed E-state index contributed by atoms with van der Waals surface area (Å²) in [4.78, 5) is 12.1. The van der Waals surface area contributed by atoms with Crippen LogP contribution in [0.2, 0.25) is 0 Å². The molecular weight excluding hydrogens is 304 g/mol. The molecule has 5 heteroatoms. The Morgan fingerprint density at radius 1 is 1.21 bits per heavy atom. The molecule has 0 bridgehead atoms. The molecule has 2 N–H and O–H groups in total. The van der Waals surface area contributed by atoms with Crippen LogP contribution in [0.25, 0.3) is 0 Å². The number of nitrogens with zero attached hydrogens (tertiary/aromatic N) is 1. The Morgan fingerprint density at radius 3 is 2.50 bits per heavy atom. The molecule has 1 amide bonds. The van der Waals surface area contributed by atoms with Gasteiger partial charge in [0, 0.05) is 6.54 Å². The van der Waals surface area contributed by atoms with Crippen LogP contribution >= 0.6 is 0 Å². The van der Waals surface area contributed by atoms with Gasteiger partial charge in [0.05, 0.1) is 32.1 Å². The Labute approximate surface area is 141 Å². The molecule has 24 heavy (non-hydrogen) atoms. The predicted octanol–water partition coefficient (Wildman–Crippen LogP) is 2.15. The van der Waals surface area contributed by atoms with Gasteiger partial charge in [0.15, 0.2) is 0 Å². The number of carbonyl (C=O) groups excluding carboxylic acids is 1. The molecule has 1 unspecified atom stereocenters. The third kappa shape index (κ3) is 4.83. The van der Waals surface area contributed by atoms with Crippen molar-refractivity contribution in [2.75, 3.05) is 13.7 Å². The van der Waals surface area contributed by atoms with E-state index in [9.17, 15) is 9.90 Å². The summed E-state index contributed by atoms with van der Waals surface area (Å²) in [5.41, 5.74) is 2.39. The highest BCUT2D eigenvalue weighted by Crippen LogP contribution is 2.17. The maximum Gasteiger partial charge on any atom is 0.224 e. The lowest BCUT2D eigenvalue weighted by Gasteiger charge is -2.13. The second-order valence-corrected chi connectivity index (χ2v) is 5.37. The van der Waals surface area contributed by atoms with Crippen LogP contribution < -0.4 is 10.1 Å². The van der Waals surface area contributed by atoms with Gasteiger partial charge in [0.25, 0.3) is 0 Å². The van der Waals surface area contributed by atoms with Crippen LogP contribution in [-0.2, 0) is 17.6 Å². The van der Waals surface area contributed by atoms with Crippen molar-refractivity contribution in [3.05, 3.63) is 65.2 Å². The van der Waals surface area contributed by atoms with Crippen LogP contribution in [0.1, 0.15) is 22.8 Å². The molecule has 124 valence electrons. The molecule has 0 radical (unpaired) electrons. The van der Waals surface area contributed by atoms with Gasteiger partial charge in [-0.25, -0.2) is 0 Å². The SMILES string of the molecule is COc1ccc(C(O)CNC(=O)Cc2ccccc2CC#N)cc1. The van der Waals surface area contributed by atoms with Crippen LogP contribution in [0.3, 0.4) is 0 Å². The summed E-state index contributed by atoms with van der Waals surface area (Å²) in [5.74, 6) is 0.525. The summed E-state index contributed by atoms with van der Waals surface area (Å²) >= 11 is 0. The highest BCUT2D eigenvalue weighted by molar-refractivity contribution is 5.79. The number of benzene rings is 2. The van der Waals surface area contributed by atoms with Crippen molar-refractivity contribution in [3.8, 4) is 11.8 Å². The fraction of sp³-hybridized carbons (Fsp3) is 0.263. The Hall–Kier alpha value is -2.84. The summed E-state index contributed by atoms with van der Waals surface area (Å²) in [5, 5.41) is 21.7. The average molecular weight is 324 g/mol. The van der Waals surface area contributed by atoms with Crippen molar-refractivity contribution < 1.29 is 14.6 Å². The Kier molecular flexibility index (Phi) is 6.35. The zero-order valence-corrected chi connectivity index (χ0v) is 13.5. The third-order valence-electron chi connectivity index (χ3n) is 3.73. The lowest BCUT2D eigenvalue weighted by Crippen LogP contribution is -2.29. The van der Waals surface area contributed by atoms with E-state index in [0.717, 1.165) is 11.1 Å². The molecule has 0 fully saturated rings. The average Bonchev–Trinajstić information content (AvgIpc) is 2.61. The number of aliphatic hydroxyl groups is 1. The van der Waals surface area contributed by atoms with Crippen molar-refractivity contribution in [1.82, 2.24) is 5.32 Å². The minimum Gasteiger partial charge on any atom is -0.497 e.